The number of carbonyl (C=O) groups excluding carboxylic acids is 1. The van der Waals surface area contributed by atoms with Gasteiger partial charge in [0.2, 0.25) is 5.91 Å². The van der Waals surface area contributed by atoms with Crippen LogP contribution in [0.3, 0.4) is 0 Å². The van der Waals surface area contributed by atoms with Gasteiger partial charge >= 0.3 is 0 Å². The van der Waals surface area contributed by atoms with Crippen LogP contribution in [0.15, 0.2) is 45.7 Å². The molecule has 42 heavy (non-hydrogen) atoms. The van der Waals surface area contributed by atoms with Gasteiger partial charge in [-0.1, -0.05) is 37.6 Å². The third kappa shape index (κ3) is 5.82. The molecule has 9 nitrogen and oxygen atoms in total. The number of H-pyrrole nitrogens is 1. The summed E-state index contributed by atoms with van der Waals surface area (Å²) in [5, 5.41) is 5.07. The summed E-state index contributed by atoms with van der Waals surface area (Å²) >= 11 is 6.17. The average molecular weight is 592 g/mol. The quantitative estimate of drug-likeness (QED) is 0.269. The summed E-state index contributed by atoms with van der Waals surface area (Å²) in [6.45, 7) is 7.17. The number of fused-ring (bicyclic) bond motifs is 3. The van der Waals surface area contributed by atoms with Gasteiger partial charge in [-0.2, -0.15) is 0 Å². The number of rotatable bonds is 9. The maximum Gasteiger partial charge on any atom is 0.251 e. The Bertz CT molecular complexity index is 1650. The van der Waals surface area contributed by atoms with Crippen LogP contribution in [0, 0.1) is 5.92 Å². The Morgan fingerprint density at radius 2 is 2.12 bits per heavy atom. The van der Waals surface area contributed by atoms with Crippen LogP contribution in [0.5, 0.6) is 0 Å². The Hall–Kier alpha value is -3.27. The van der Waals surface area contributed by atoms with E-state index in [2.05, 4.69) is 24.1 Å². The molecule has 1 amide bonds. The van der Waals surface area contributed by atoms with Gasteiger partial charge in [-0.05, 0) is 49.9 Å². The number of carbonyl (C=O) groups is 1. The lowest BCUT2D eigenvalue weighted by atomic mass is 9.68. The Kier molecular flexibility index (Phi) is 8.34. The molecule has 2 aliphatic rings. The Morgan fingerprint density at radius 3 is 2.93 bits per heavy atom. The van der Waals surface area contributed by atoms with Gasteiger partial charge in [0.1, 0.15) is 16.9 Å². The van der Waals surface area contributed by atoms with E-state index in [0.717, 1.165) is 53.0 Å². The van der Waals surface area contributed by atoms with Crippen molar-refractivity contribution in [3.05, 3.63) is 69.0 Å². The normalized spacial score (nSPS) is 22.8. The molecule has 1 aromatic carbocycles. The third-order valence-electron chi connectivity index (χ3n) is 9.19. The minimum absolute atomic E-state index is 0.0674. The molecule has 2 N–H and O–H groups in total. The summed E-state index contributed by atoms with van der Waals surface area (Å²) in [6, 6.07) is 10.1. The number of hydrogen-bond donors (Lipinski definition) is 2. The first-order valence-electron chi connectivity index (χ1n) is 15.0. The van der Waals surface area contributed by atoms with E-state index in [-0.39, 0.29) is 22.8 Å². The van der Waals surface area contributed by atoms with Crippen molar-refractivity contribution in [2.75, 3.05) is 32.8 Å². The summed E-state index contributed by atoms with van der Waals surface area (Å²) < 4.78 is 12.1. The highest BCUT2D eigenvalue weighted by molar-refractivity contribution is 6.30. The van der Waals surface area contributed by atoms with Gasteiger partial charge < -0.3 is 24.4 Å². The second-order valence-corrected chi connectivity index (χ2v) is 12.4. The van der Waals surface area contributed by atoms with Gasteiger partial charge in [-0.15, -0.1) is 0 Å². The lowest BCUT2D eigenvalue weighted by Crippen LogP contribution is -2.51. The highest BCUT2D eigenvalue weighted by Crippen LogP contribution is 2.38. The fourth-order valence-corrected chi connectivity index (χ4v) is 6.61. The molecule has 6 rings (SSSR count). The van der Waals surface area contributed by atoms with Gasteiger partial charge in [-0.25, -0.2) is 9.97 Å². The molecule has 0 spiro atoms. The molecular weight excluding hydrogens is 554 g/mol. The first-order chi connectivity index (χ1) is 20.3. The molecule has 3 aromatic heterocycles. The molecule has 2 fully saturated rings. The number of para-hydroxylation sites is 1. The molecule has 10 heteroatoms. The summed E-state index contributed by atoms with van der Waals surface area (Å²) in [4.78, 5) is 39.9. The summed E-state index contributed by atoms with van der Waals surface area (Å²) in [7, 11) is 0. The van der Waals surface area contributed by atoms with E-state index in [0.29, 0.717) is 62.2 Å². The molecule has 0 bridgehead atoms. The maximum absolute atomic E-state index is 13.0. The number of nitrogens with zero attached hydrogens (tertiary/aromatic N) is 3. The fraction of sp³-hybridized carbons (Fsp3) is 0.500. The molecule has 0 radical (unpaired) electrons. The van der Waals surface area contributed by atoms with Crippen LogP contribution in [0.2, 0.25) is 5.02 Å². The van der Waals surface area contributed by atoms with Crippen molar-refractivity contribution in [2.24, 2.45) is 5.92 Å². The number of benzene rings is 1. The van der Waals surface area contributed by atoms with E-state index in [9.17, 15) is 9.59 Å². The summed E-state index contributed by atoms with van der Waals surface area (Å²) in [5.41, 5.74) is 3.60. The number of nitrogens with one attached hydrogen (secondary N) is 2. The van der Waals surface area contributed by atoms with Crippen LogP contribution in [0.1, 0.15) is 56.6 Å². The van der Waals surface area contributed by atoms with E-state index in [1.165, 1.54) is 12.6 Å². The molecular formula is C32H38ClN5O4. The highest BCUT2D eigenvalue weighted by Gasteiger charge is 2.40. The Balaban J connectivity index is 1.04. The van der Waals surface area contributed by atoms with Crippen LogP contribution in [0.25, 0.3) is 22.1 Å². The average Bonchev–Trinajstić information content (AvgIpc) is 3.63. The van der Waals surface area contributed by atoms with Crippen LogP contribution in [-0.4, -0.2) is 64.6 Å². The first kappa shape index (κ1) is 28.8. The number of halogens is 1. The minimum Gasteiger partial charge on any atom is -0.452 e. The molecule has 5 heterocycles. The molecule has 2 aliphatic heterocycles. The molecule has 0 saturated carbocycles. The predicted octanol–water partition coefficient (Wildman–Crippen LogP) is 4.79. The lowest BCUT2D eigenvalue weighted by Gasteiger charge is -2.44. The van der Waals surface area contributed by atoms with Gasteiger partial charge in [0.15, 0.2) is 5.58 Å². The molecule has 222 valence electrons. The van der Waals surface area contributed by atoms with Crippen molar-refractivity contribution in [1.82, 2.24) is 25.2 Å². The van der Waals surface area contributed by atoms with Crippen molar-refractivity contribution in [1.29, 1.82) is 0 Å². The number of ether oxygens (including phenoxy) is 1. The fourth-order valence-electron chi connectivity index (χ4n) is 6.44. The van der Waals surface area contributed by atoms with Crippen LogP contribution >= 0.6 is 11.6 Å². The molecule has 3 unspecified atom stereocenters. The maximum atomic E-state index is 13.0. The lowest BCUT2D eigenvalue weighted by molar-refractivity contribution is -0.135. The Morgan fingerprint density at radius 1 is 1.26 bits per heavy atom. The van der Waals surface area contributed by atoms with Gasteiger partial charge in [0.25, 0.3) is 5.56 Å². The number of furan rings is 1. The van der Waals surface area contributed by atoms with E-state index in [4.69, 9.17) is 30.7 Å². The first-order valence-corrected chi connectivity index (χ1v) is 15.3. The number of likely N-dealkylation sites (tertiary alicyclic amines) is 1. The number of aromatic amines is 1. The van der Waals surface area contributed by atoms with Crippen molar-refractivity contribution < 1.29 is 13.9 Å². The topological polar surface area (TPSA) is 113 Å². The molecule has 0 aliphatic carbocycles. The van der Waals surface area contributed by atoms with E-state index in [1.807, 2.05) is 29.2 Å². The van der Waals surface area contributed by atoms with Crippen molar-refractivity contribution in [3.8, 4) is 0 Å². The zero-order valence-corrected chi connectivity index (χ0v) is 25.0. The monoisotopic (exact) mass is 591 g/mol. The zero-order chi connectivity index (χ0) is 29.3. The Labute approximate surface area is 250 Å². The zero-order valence-electron chi connectivity index (χ0n) is 24.2. The molecule has 3 atom stereocenters. The van der Waals surface area contributed by atoms with Crippen molar-refractivity contribution in [2.45, 2.75) is 63.8 Å². The van der Waals surface area contributed by atoms with Gasteiger partial charge in [-0.3, -0.25) is 9.59 Å². The number of piperidine rings is 1. The number of hydrogen-bond acceptors (Lipinski definition) is 7. The molecule has 2 saturated heterocycles. The minimum atomic E-state index is -0.347. The SMILES string of the molecule is CC1CN(C(=O)CCOCCc2nc(CC3CCCN3)c3oc4ccccc4c3n2)CCC1(C)c1cc(Cl)c[nH]c1=O. The van der Waals surface area contributed by atoms with Crippen LogP contribution in [-0.2, 0) is 27.8 Å². The number of aromatic nitrogens is 3. The number of pyridine rings is 1. The van der Waals surface area contributed by atoms with E-state index in [1.54, 1.807) is 6.07 Å². The standard InChI is InChI=1S/C32H38ClN5O4/c1-20-19-38(13-11-32(20,2)24-16-21(33)18-35-31(24)40)28(39)10-15-41-14-9-27-36-25(17-22-6-5-12-34-22)30-29(37-27)23-7-3-4-8-26(23)42-30/h3-4,7-8,16,18,20,22,34H,5-6,9-15,17,19H2,1-2H3,(H,35,40). The second kappa shape index (κ2) is 12.1. The summed E-state index contributed by atoms with van der Waals surface area (Å²) in [6.07, 6.45) is 6.19. The highest BCUT2D eigenvalue weighted by atomic mass is 35.5. The van der Waals surface area contributed by atoms with Gasteiger partial charge in [0.05, 0.1) is 30.4 Å². The van der Waals surface area contributed by atoms with E-state index >= 15 is 0 Å². The molecule has 4 aromatic rings. The number of amides is 1. The van der Waals surface area contributed by atoms with Crippen molar-refractivity contribution >= 4 is 39.6 Å². The van der Waals surface area contributed by atoms with Crippen LogP contribution < -0.4 is 10.9 Å². The largest absolute Gasteiger partial charge is 0.452 e. The second-order valence-electron chi connectivity index (χ2n) is 11.9. The smallest absolute Gasteiger partial charge is 0.251 e. The van der Waals surface area contributed by atoms with Gasteiger partial charge in [0, 0.05) is 54.5 Å². The predicted molar refractivity (Wildman–Crippen MR) is 163 cm³/mol. The van der Waals surface area contributed by atoms with Crippen molar-refractivity contribution in [3.63, 3.8) is 0 Å². The van der Waals surface area contributed by atoms with Crippen LogP contribution in [0.4, 0.5) is 0 Å². The van der Waals surface area contributed by atoms with E-state index < -0.39 is 0 Å². The third-order valence-corrected chi connectivity index (χ3v) is 9.41. The summed E-state index contributed by atoms with van der Waals surface area (Å²) in [5.74, 6) is 0.904.